The zero-order valence-electron chi connectivity index (χ0n) is 26.7. The van der Waals surface area contributed by atoms with Crippen molar-refractivity contribution in [2.24, 2.45) is 0 Å². The lowest BCUT2D eigenvalue weighted by atomic mass is 10.1. The van der Waals surface area contributed by atoms with E-state index in [1.54, 1.807) is 62.6 Å². The minimum atomic E-state index is -0.573. The molecule has 2 N–H and O–H groups in total. The largest absolute Gasteiger partial charge is 0.482 e. The Balaban J connectivity index is 1.53. The Hall–Kier alpha value is -5.64. The molecule has 10 heteroatoms. The first-order valence-corrected chi connectivity index (χ1v) is 14.8. The van der Waals surface area contributed by atoms with Crippen molar-refractivity contribution in [1.29, 1.82) is 0 Å². The van der Waals surface area contributed by atoms with Crippen molar-refractivity contribution in [3.05, 3.63) is 114 Å². The molecule has 0 atom stereocenters. The maximum Gasteiger partial charge on any atom is 0.319 e. The summed E-state index contributed by atoms with van der Waals surface area (Å²) in [7, 11) is 3.30. The number of aryl methyl sites for hydroxylation is 3. The van der Waals surface area contributed by atoms with Gasteiger partial charge < -0.3 is 25.2 Å². The second kappa shape index (κ2) is 15.4. The lowest BCUT2D eigenvalue weighted by molar-refractivity contribution is -0.121. The van der Waals surface area contributed by atoms with E-state index in [1.165, 1.54) is 14.7 Å². The molecule has 0 radical (unpaired) electrons. The van der Waals surface area contributed by atoms with Gasteiger partial charge in [-0.25, -0.2) is 4.79 Å². The highest BCUT2D eigenvalue weighted by Crippen LogP contribution is 2.29. The molecule has 0 aliphatic carbocycles. The fourth-order valence-corrected chi connectivity index (χ4v) is 4.82. The van der Waals surface area contributed by atoms with E-state index in [9.17, 15) is 19.2 Å². The first kappa shape index (κ1) is 33.3. The molecule has 0 spiro atoms. The van der Waals surface area contributed by atoms with Gasteiger partial charge in [0.2, 0.25) is 11.8 Å². The molecule has 46 heavy (non-hydrogen) atoms. The molecule has 4 aromatic carbocycles. The van der Waals surface area contributed by atoms with Crippen LogP contribution in [0.4, 0.5) is 27.5 Å². The predicted octanol–water partition coefficient (Wildman–Crippen LogP) is 5.47. The van der Waals surface area contributed by atoms with E-state index < -0.39 is 18.5 Å². The Bertz CT molecular complexity index is 1690. The van der Waals surface area contributed by atoms with Gasteiger partial charge in [0.1, 0.15) is 12.3 Å². The Morgan fingerprint density at radius 3 is 2.00 bits per heavy atom. The monoisotopic (exact) mass is 621 g/mol. The molecule has 238 valence electrons. The average molecular weight is 622 g/mol. The smallest absolute Gasteiger partial charge is 0.319 e. The summed E-state index contributed by atoms with van der Waals surface area (Å²) < 4.78 is 5.97. The summed E-state index contributed by atoms with van der Waals surface area (Å²) in [5.74, 6) is -0.988. The first-order chi connectivity index (χ1) is 22.0. The second-order valence-electron chi connectivity index (χ2n) is 11.0. The molecule has 10 nitrogen and oxygen atoms in total. The highest BCUT2D eigenvalue weighted by atomic mass is 16.5. The Morgan fingerprint density at radius 1 is 0.652 bits per heavy atom. The third-order valence-corrected chi connectivity index (χ3v) is 7.26. The topological polar surface area (TPSA) is 111 Å². The molecule has 0 unspecified atom stereocenters. The number of carbonyl (C=O) groups is 4. The van der Waals surface area contributed by atoms with E-state index in [-0.39, 0.29) is 36.4 Å². The van der Waals surface area contributed by atoms with E-state index in [0.717, 1.165) is 22.4 Å². The van der Waals surface area contributed by atoms with Crippen LogP contribution in [0.3, 0.4) is 0 Å². The fourth-order valence-electron chi connectivity index (χ4n) is 4.82. The van der Waals surface area contributed by atoms with Crippen molar-refractivity contribution in [3.8, 4) is 5.75 Å². The van der Waals surface area contributed by atoms with E-state index >= 15 is 0 Å². The van der Waals surface area contributed by atoms with Crippen molar-refractivity contribution in [3.63, 3.8) is 0 Å². The van der Waals surface area contributed by atoms with Crippen LogP contribution in [0.15, 0.2) is 97.1 Å². The minimum Gasteiger partial charge on any atom is -0.482 e. The number of nitrogens with zero attached hydrogens (tertiary/aromatic N) is 3. The van der Waals surface area contributed by atoms with E-state index in [2.05, 4.69) is 10.6 Å². The van der Waals surface area contributed by atoms with Crippen molar-refractivity contribution in [1.82, 2.24) is 5.32 Å². The van der Waals surface area contributed by atoms with Crippen LogP contribution in [-0.4, -0.2) is 57.5 Å². The quantitative estimate of drug-likeness (QED) is 0.231. The van der Waals surface area contributed by atoms with Gasteiger partial charge in [0.05, 0.1) is 12.2 Å². The lowest BCUT2D eigenvalue weighted by Crippen LogP contribution is -2.46. The summed E-state index contributed by atoms with van der Waals surface area (Å²) in [6.07, 6.45) is 0. The van der Waals surface area contributed by atoms with Crippen LogP contribution < -0.4 is 30.1 Å². The summed E-state index contributed by atoms with van der Waals surface area (Å²) in [4.78, 5) is 57.1. The zero-order valence-corrected chi connectivity index (χ0v) is 26.7. The van der Waals surface area contributed by atoms with Crippen molar-refractivity contribution in [2.45, 2.75) is 20.8 Å². The summed E-state index contributed by atoms with van der Waals surface area (Å²) in [5, 5.41) is 5.29. The van der Waals surface area contributed by atoms with E-state index in [0.29, 0.717) is 11.4 Å². The predicted molar refractivity (Wildman–Crippen MR) is 182 cm³/mol. The highest BCUT2D eigenvalue weighted by Gasteiger charge is 2.25. The van der Waals surface area contributed by atoms with Crippen molar-refractivity contribution >= 4 is 46.5 Å². The number of anilines is 4. The molecule has 4 aromatic rings. The standard InChI is InChI=1S/C36H39N5O5/c1-25-12-11-13-28(19-25)38-36(45)37-22-33(42)41(23-34(43)39(4)29-14-7-6-8-15-29)31-16-9-10-17-32(31)46-24-35(44)40(5)30-20-26(2)18-27(3)21-30/h6-21H,22-24H2,1-5H3,(H2,37,38,45). The van der Waals surface area contributed by atoms with Gasteiger partial charge in [-0.2, -0.15) is 0 Å². The lowest BCUT2D eigenvalue weighted by Gasteiger charge is -2.27. The number of hydrogen-bond acceptors (Lipinski definition) is 5. The molecular weight excluding hydrogens is 582 g/mol. The summed E-state index contributed by atoms with van der Waals surface area (Å²) in [6, 6.07) is 28.3. The molecule has 0 fully saturated rings. The first-order valence-electron chi connectivity index (χ1n) is 14.8. The van der Waals surface area contributed by atoms with Gasteiger partial charge in [0.15, 0.2) is 6.61 Å². The number of amides is 5. The number of hydrogen-bond donors (Lipinski definition) is 2. The van der Waals surface area contributed by atoms with Crippen LogP contribution in [-0.2, 0) is 14.4 Å². The zero-order chi connectivity index (χ0) is 33.2. The van der Waals surface area contributed by atoms with Crippen LogP contribution >= 0.6 is 0 Å². The van der Waals surface area contributed by atoms with E-state index in [1.807, 2.05) is 69.3 Å². The molecule has 4 rings (SSSR count). The van der Waals surface area contributed by atoms with Gasteiger partial charge in [-0.1, -0.05) is 48.5 Å². The fraction of sp³-hybridized carbons (Fsp3) is 0.222. The Morgan fingerprint density at radius 2 is 1.30 bits per heavy atom. The molecule has 0 aliphatic heterocycles. The molecule has 0 aliphatic rings. The maximum atomic E-state index is 13.7. The number of urea groups is 1. The van der Waals surface area contributed by atoms with Gasteiger partial charge in [0, 0.05) is 31.2 Å². The van der Waals surface area contributed by atoms with Gasteiger partial charge >= 0.3 is 6.03 Å². The summed E-state index contributed by atoms with van der Waals surface area (Å²) >= 11 is 0. The van der Waals surface area contributed by atoms with E-state index in [4.69, 9.17) is 4.74 Å². The van der Waals surface area contributed by atoms with Gasteiger partial charge in [-0.15, -0.1) is 0 Å². The SMILES string of the molecule is Cc1cccc(NC(=O)NCC(=O)N(CC(=O)N(C)c2ccccc2)c2ccccc2OCC(=O)N(C)c2cc(C)cc(C)c2)c1. The van der Waals surface area contributed by atoms with Crippen molar-refractivity contribution < 1.29 is 23.9 Å². The number of rotatable bonds is 11. The molecule has 5 amide bonds. The van der Waals surface area contributed by atoms with Gasteiger partial charge in [-0.05, 0) is 86.0 Å². The van der Waals surface area contributed by atoms with Crippen molar-refractivity contribution in [2.75, 3.05) is 53.8 Å². The molecule has 0 saturated carbocycles. The number of carbonyl (C=O) groups excluding carboxylic acids is 4. The molecule has 0 bridgehead atoms. The molecular formula is C36H39N5O5. The number of benzene rings is 4. The number of ether oxygens (including phenoxy) is 1. The maximum absolute atomic E-state index is 13.7. The second-order valence-corrected chi connectivity index (χ2v) is 11.0. The Kier molecular flexibility index (Phi) is 11.1. The third-order valence-electron chi connectivity index (χ3n) is 7.26. The van der Waals surface area contributed by atoms with Crippen LogP contribution in [0, 0.1) is 20.8 Å². The number of likely N-dealkylation sites (N-methyl/N-ethyl adjacent to an activating group) is 2. The normalized spacial score (nSPS) is 10.5. The molecule has 0 heterocycles. The third kappa shape index (κ3) is 8.95. The highest BCUT2D eigenvalue weighted by molar-refractivity contribution is 6.06. The average Bonchev–Trinajstić information content (AvgIpc) is 3.04. The van der Waals surface area contributed by atoms with Crippen LogP contribution in [0.2, 0.25) is 0 Å². The summed E-state index contributed by atoms with van der Waals surface area (Å²) in [5.41, 5.74) is 5.28. The summed E-state index contributed by atoms with van der Waals surface area (Å²) in [6.45, 7) is 4.78. The van der Waals surface area contributed by atoms with Gasteiger partial charge in [-0.3, -0.25) is 19.3 Å². The molecule has 0 saturated heterocycles. The van der Waals surface area contributed by atoms with Crippen LogP contribution in [0.25, 0.3) is 0 Å². The van der Waals surface area contributed by atoms with Crippen LogP contribution in [0.1, 0.15) is 16.7 Å². The van der Waals surface area contributed by atoms with Crippen LogP contribution in [0.5, 0.6) is 5.75 Å². The Labute approximate surface area is 269 Å². The molecule has 0 aromatic heterocycles. The van der Waals surface area contributed by atoms with Gasteiger partial charge in [0.25, 0.3) is 5.91 Å². The number of nitrogens with one attached hydrogen (secondary N) is 2. The minimum absolute atomic E-state index is 0.234. The number of para-hydroxylation sites is 3.